The third kappa shape index (κ3) is 2.81. The minimum absolute atomic E-state index is 0.0115. The molecule has 6 heteroatoms. The van der Waals surface area contributed by atoms with Crippen LogP contribution >= 0.6 is 0 Å². The lowest BCUT2D eigenvalue weighted by Crippen LogP contribution is -2.29. The Labute approximate surface area is 162 Å². The number of aryl methyl sites for hydroxylation is 1. The van der Waals surface area contributed by atoms with E-state index in [2.05, 4.69) is 0 Å². The average molecular weight is 376 g/mol. The lowest BCUT2D eigenvalue weighted by atomic mass is 9.74. The summed E-state index contributed by atoms with van der Waals surface area (Å²) in [5, 5.41) is 9.34. The van der Waals surface area contributed by atoms with Crippen molar-refractivity contribution in [1.82, 2.24) is 9.97 Å². The molecule has 6 nitrogen and oxygen atoms in total. The fraction of sp³-hybridized carbons (Fsp3) is 0.273. The third-order valence-electron chi connectivity index (χ3n) is 5.53. The molecule has 0 fully saturated rings. The molecule has 0 spiro atoms. The fourth-order valence-corrected chi connectivity index (χ4v) is 4.21. The maximum Gasteiger partial charge on any atom is 0.303 e. The molecular weight excluding hydrogens is 356 g/mol. The lowest BCUT2D eigenvalue weighted by molar-refractivity contribution is -0.137. The van der Waals surface area contributed by atoms with E-state index < -0.39 is 11.4 Å². The summed E-state index contributed by atoms with van der Waals surface area (Å²) in [6.45, 7) is 2.60. The van der Waals surface area contributed by atoms with Gasteiger partial charge in [-0.05, 0) is 37.0 Å². The summed E-state index contributed by atoms with van der Waals surface area (Å²) in [6, 6.07) is 13.7. The summed E-state index contributed by atoms with van der Waals surface area (Å²) >= 11 is 0. The van der Waals surface area contributed by atoms with Crippen molar-refractivity contribution < 1.29 is 19.4 Å². The van der Waals surface area contributed by atoms with Crippen LogP contribution in [0.1, 0.15) is 36.1 Å². The van der Waals surface area contributed by atoms with Gasteiger partial charge in [-0.3, -0.25) is 9.59 Å². The highest BCUT2D eigenvalue weighted by molar-refractivity contribution is 5.86. The maximum absolute atomic E-state index is 11.4. The van der Waals surface area contributed by atoms with E-state index in [9.17, 15) is 14.7 Å². The SMILES string of the molecule is Cc1cccc2nc3c(nc12)-c1ccccc1C3(CCOC=O)CCC(=O)O. The van der Waals surface area contributed by atoms with E-state index in [4.69, 9.17) is 14.7 Å². The molecule has 0 saturated carbocycles. The van der Waals surface area contributed by atoms with Crippen LogP contribution in [-0.2, 0) is 19.7 Å². The lowest BCUT2D eigenvalue weighted by Gasteiger charge is -2.30. The number of nitrogens with zero attached hydrogens (tertiary/aromatic N) is 2. The van der Waals surface area contributed by atoms with Gasteiger partial charge in [0.1, 0.15) is 0 Å². The van der Waals surface area contributed by atoms with Gasteiger partial charge in [0.2, 0.25) is 0 Å². The summed E-state index contributed by atoms with van der Waals surface area (Å²) in [4.78, 5) is 32.0. The molecule has 1 unspecified atom stereocenters. The molecule has 0 radical (unpaired) electrons. The highest BCUT2D eigenvalue weighted by Gasteiger charge is 2.45. The van der Waals surface area contributed by atoms with Crippen molar-refractivity contribution in [2.24, 2.45) is 0 Å². The van der Waals surface area contributed by atoms with E-state index in [1.165, 1.54) is 0 Å². The molecular formula is C22H20N2O4. The van der Waals surface area contributed by atoms with Crippen molar-refractivity contribution in [3.63, 3.8) is 0 Å². The summed E-state index contributed by atoms with van der Waals surface area (Å²) in [6.07, 6.45) is 0.804. The summed E-state index contributed by atoms with van der Waals surface area (Å²) in [7, 11) is 0. The first kappa shape index (κ1) is 18.1. The van der Waals surface area contributed by atoms with Crippen LogP contribution in [0.5, 0.6) is 0 Å². The van der Waals surface area contributed by atoms with Crippen LogP contribution in [0.15, 0.2) is 42.5 Å². The first-order valence-electron chi connectivity index (χ1n) is 9.21. The van der Waals surface area contributed by atoms with Crippen LogP contribution in [-0.4, -0.2) is 34.1 Å². The molecule has 1 N–H and O–H groups in total. The molecule has 1 aliphatic carbocycles. The number of aromatic nitrogens is 2. The minimum atomic E-state index is -0.869. The number of ether oxygens (including phenoxy) is 1. The number of carboxylic acid groups (broad SMARTS) is 1. The van der Waals surface area contributed by atoms with E-state index in [-0.39, 0.29) is 13.0 Å². The molecule has 28 heavy (non-hydrogen) atoms. The number of carboxylic acids is 1. The molecule has 0 bridgehead atoms. The molecule has 2 aromatic carbocycles. The Hall–Kier alpha value is -3.28. The Bertz CT molecular complexity index is 1080. The number of hydrogen-bond donors (Lipinski definition) is 1. The molecule has 1 aliphatic rings. The van der Waals surface area contributed by atoms with Gasteiger partial charge in [0.15, 0.2) is 0 Å². The quantitative estimate of drug-likeness (QED) is 0.500. The monoisotopic (exact) mass is 376 g/mol. The van der Waals surface area contributed by atoms with Gasteiger partial charge in [0.05, 0.1) is 29.0 Å². The van der Waals surface area contributed by atoms with Gasteiger partial charge >= 0.3 is 5.97 Å². The number of hydrogen-bond acceptors (Lipinski definition) is 5. The Morgan fingerprint density at radius 2 is 1.96 bits per heavy atom. The minimum Gasteiger partial charge on any atom is -0.481 e. The standard InChI is InChI=1S/C22H20N2O4/c1-14-5-4-8-17-19(14)24-20-15-6-2-3-7-16(15)22(21(20)23-17,10-9-18(26)27)11-12-28-13-25/h2-8,13H,9-12H2,1H3,(H,26,27). The fourth-order valence-electron chi connectivity index (χ4n) is 4.21. The third-order valence-corrected chi connectivity index (χ3v) is 5.53. The van der Waals surface area contributed by atoms with Gasteiger partial charge in [-0.2, -0.15) is 0 Å². The second-order valence-electron chi connectivity index (χ2n) is 7.10. The van der Waals surface area contributed by atoms with E-state index in [0.717, 1.165) is 39.1 Å². The number of benzene rings is 2. The van der Waals surface area contributed by atoms with Gasteiger partial charge in [-0.15, -0.1) is 0 Å². The highest BCUT2D eigenvalue weighted by Crippen LogP contribution is 2.52. The van der Waals surface area contributed by atoms with Crippen LogP contribution in [0.4, 0.5) is 0 Å². The number of para-hydroxylation sites is 1. The Morgan fingerprint density at radius 1 is 1.14 bits per heavy atom. The molecule has 4 rings (SSSR count). The van der Waals surface area contributed by atoms with Gasteiger partial charge in [-0.25, -0.2) is 9.97 Å². The van der Waals surface area contributed by atoms with Crippen molar-refractivity contribution in [2.45, 2.75) is 31.6 Å². The zero-order valence-corrected chi connectivity index (χ0v) is 15.5. The van der Waals surface area contributed by atoms with Crippen molar-refractivity contribution in [2.75, 3.05) is 6.61 Å². The van der Waals surface area contributed by atoms with E-state index in [0.29, 0.717) is 19.3 Å². The van der Waals surface area contributed by atoms with Crippen LogP contribution in [0.3, 0.4) is 0 Å². The second kappa shape index (κ2) is 7.03. The Morgan fingerprint density at radius 3 is 2.75 bits per heavy atom. The van der Waals surface area contributed by atoms with Gasteiger partial charge in [0.25, 0.3) is 6.47 Å². The summed E-state index contributed by atoms with van der Waals surface area (Å²) < 4.78 is 4.99. The first-order valence-corrected chi connectivity index (χ1v) is 9.21. The van der Waals surface area contributed by atoms with Crippen molar-refractivity contribution in [1.29, 1.82) is 0 Å². The predicted molar refractivity (Wildman–Crippen MR) is 104 cm³/mol. The number of fused-ring (bicyclic) bond motifs is 4. The zero-order chi connectivity index (χ0) is 19.7. The number of carbonyl (C=O) groups excluding carboxylic acids is 1. The molecule has 0 aliphatic heterocycles. The van der Waals surface area contributed by atoms with Crippen LogP contribution in [0.25, 0.3) is 22.3 Å². The Kier molecular flexibility index (Phi) is 4.55. The van der Waals surface area contributed by atoms with Gasteiger partial charge in [-0.1, -0.05) is 36.4 Å². The molecule has 1 atom stereocenters. The van der Waals surface area contributed by atoms with E-state index in [1.54, 1.807) is 0 Å². The number of rotatable bonds is 7. The summed E-state index contributed by atoms with van der Waals surface area (Å²) in [5.41, 5.74) is 5.52. The maximum atomic E-state index is 11.4. The zero-order valence-electron chi connectivity index (χ0n) is 15.5. The van der Waals surface area contributed by atoms with Gasteiger partial charge in [0, 0.05) is 17.4 Å². The molecule has 3 aromatic rings. The molecule has 0 saturated heterocycles. The normalized spacial score (nSPS) is 17.2. The number of aliphatic carboxylic acids is 1. The topological polar surface area (TPSA) is 89.4 Å². The molecule has 0 amide bonds. The molecule has 142 valence electrons. The predicted octanol–water partition coefficient (Wildman–Crippen LogP) is 3.63. The molecule has 1 heterocycles. The van der Waals surface area contributed by atoms with E-state index in [1.807, 2.05) is 49.4 Å². The molecule has 1 aromatic heterocycles. The largest absolute Gasteiger partial charge is 0.481 e. The van der Waals surface area contributed by atoms with Crippen molar-refractivity contribution >= 4 is 23.5 Å². The van der Waals surface area contributed by atoms with Crippen LogP contribution < -0.4 is 0 Å². The van der Waals surface area contributed by atoms with Gasteiger partial charge < -0.3 is 9.84 Å². The van der Waals surface area contributed by atoms with Crippen LogP contribution in [0, 0.1) is 6.92 Å². The van der Waals surface area contributed by atoms with Crippen molar-refractivity contribution in [3.8, 4) is 11.3 Å². The van der Waals surface area contributed by atoms with Crippen LogP contribution in [0.2, 0.25) is 0 Å². The highest BCUT2D eigenvalue weighted by atomic mass is 16.5. The Balaban J connectivity index is 1.97. The average Bonchev–Trinajstić information content (AvgIpc) is 2.96. The van der Waals surface area contributed by atoms with Crippen molar-refractivity contribution in [3.05, 3.63) is 59.3 Å². The van der Waals surface area contributed by atoms with E-state index >= 15 is 0 Å². The number of carbonyl (C=O) groups is 2. The first-order chi connectivity index (χ1) is 13.6. The summed E-state index contributed by atoms with van der Waals surface area (Å²) in [5.74, 6) is -0.869. The smallest absolute Gasteiger partial charge is 0.303 e. The second-order valence-corrected chi connectivity index (χ2v) is 7.10.